The fourth-order valence-corrected chi connectivity index (χ4v) is 5.04. The van der Waals surface area contributed by atoms with Crippen LogP contribution in [0, 0.1) is 5.82 Å². The molecule has 136 valence electrons. The van der Waals surface area contributed by atoms with E-state index in [2.05, 4.69) is 20.5 Å². The van der Waals surface area contributed by atoms with Crippen LogP contribution in [-0.4, -0.2) is 33.4 Å². The number of hydrogen-bond acceptors (Lipinski definition) is 7. The van der Waals surface area contributed by atoms with Crippen LogP contribution in [-0.2, 0) is 10.5 Å². The van der Waals surface area contributed by atoms with E-state index in [-0.39, 0.29) is 11.7 Å². The minimum atomic E-state index is -0.266. The summed E-state index contributed by atoms with van der Waals surface area (Å²) in [4.78, 5) is 15.9. The van der Waals surface area contributed by atoms with Gasteiger partial charge in [0, 0.05) is 23.9 Å². The molecule has 2 aromatic heterocycles. The third kappa shape index (κ3) is 4.93. The molecule has 0 aliphatic rings. The highest BCUT2D eigenvalue weighted by molar-refractivity contribution is 8.03. The second-order valence-electron chi connectivity index (χ2n) is 5.37. The summed E-state index contributed by atoms with van der Waals surface area (Å²) in [6, 6.07) is 6.69. The topological polar surface area (TPSA) is 67.8 Å². The van der Waals surface area contributed by atoms with E-state index in [4.69, 9.17) is 0 Å². The van der Waals surface area contributed by atoms with E-state index in [1.807, 2.05) is 6.92 Å². The smallest absolute Gasteiger partial charge is 0.230 e. The number of thioether (sulfide) groups is 2. The van der Waals surface area contributed by atoms with Crippen molar-refractivity contribution < 1.29 is 9.18 Å². The molecule has 0 saturated heterocycles. The zero-order valence-electron chi connectivity index (χ0n) is 14.1. The molecule has 0 atom stereocenters. The molecule has 1 amide bonds. The van der Waals surface area contributed by atoms with Crippen molar-refractivity contribution in [3.63, 3.8) is 0 Å². The quantitative estimate of drug-likeness (QED) is 0.565. The second kappa shape index (κ2) is 9.29. The van der Waals surface area contributed by atoms with Gasteiger partial charge in [0.2, 0.25) is 5.91 Å². The molecule has 0 radical (unpaired) electrons. The van der Waals surface area contributed by atoms with E-state index in [0.717, 1.165) is 20.7 Å². The van der Waals surface area contributed by atoms with Crippen molar-refractivity contribution in [2.24, 2.45) is 0 Å². The van der Waals surface area contributed by atoms with E-state index in [9.17, 15) is 9.18 Å². The standard InChI is InChI=1S/C17H17FN4OS3/c1-2-7-19-14(23)10-25-17-22-21-16(26-17)24-9-11-5-6-13(18)12-4-3-8-20-15(11)12/h3-6,8H,2,7,9-10H2,1H3,(H,19,23). The zero-order valence-corrected chi connectivity index (χ0v) is 16.5. The van der Waals surface area contributed by atoms with Crippen LogP contribution >= 0.6 is 34.9 Å². The number of amides is 1. The first-order chi connectivity index (χ1) is 12.7. The van der Waals surface area contributed by atoms with Crippen LogP contribution in [0.25, 0.3) is 10.9 Å². The molecular formula is C17H17FN4OS3. The van der Waals surface area contributed by atoms with Crippen LogP contribution in [0.1, 0.15) is 18.9 Å². The highest BCUT2D eigenvalue weighted by atomic mass is 32.2. The van der Waals surface area contributed by atoms with Crippen molar-refractivity contribution in [1.29, 1.82) is 0 Å². The first-order valence-electron chi connectivity index (χ1n) is 8.05. The molecular weight excluding hydrogens is 391 g/mol. The molecule has 3 rings (SSSR count). The van der Waals surface area contributed by atoms with Crippen LogP contribution in [0.5, 0.6) is 0 Å². The molecule has 5 nitrogen and oxygen atoms in total. The van der Waals surface area contributed by atoms with Crippen molar-refractivity contribution >= 4 is 51.7 Å². The Hall–Kier alpha value is -1.71. The third-order valence-electron chi connectivity index (χ3n) is 3.44. The Kier molecular flexibility index (Phi) is 6.81. The van der Waals surface area contributed by atoms with E-state index in [1.54, 1.807) is 24.4 Å². The minimum absolute atomic E-state index is 0.00473. The van der Waals surface area contributed by atoms with Gasteiger partial charge in [0.1, 0.15) is 5.82 Å². The van der Waals surface area contributed by atoms with E-state index < -0.39 is 0 Å². The maximum absolute atomic E-state index is 13.9. The van der Waals surface area contributed by atoms with E-state index >= 15 is 0 Å². The molecule has 0 aliphatic carbocycles. The van der Waals surface area contributed by atoms with Gasteiger partial charge in [-0.05, 0) is 30.2 Å². The van der Waals surface area contributed by atoms with E-state index in [1.165, 1.54) is 40.9 Å². The van der Waals surface area contributed by atoms with Crippen molar-refractivity contribution in [2.45, 2.75) is 27.8 Å². The number of carbonyl (C=O) groups is 1. The van der Waals surface area contributed by atoms with Gasteiger partial charge in [-0.15, -0.1) is 10.2 Å². The number of fused-ring (bicyclic) bond motifs is 1. The van der Waals surface area contributed by atoms with Crippen LogP contribution < -0.4 is 5.32 Å². The first-order valence-corrected chi connectivity index (χ1v) is 10.8. The summed E-state index contributed by atoms with van der Waals surface area (Å²) in [5, 5.41) is 11.6. The highest BCUT2D eigenvalue weighted by Gasteiger charge is 2.11. The lowest BCUT2D eigenvalue weighted by atomic mass is 10.1. The maximum atomic E-state index is 13.9. The molecule has 0 fully saturated rings. The summed E-state index contributed by atoms with van der Waals surface area (Å²) in [7, 11) is 0. The lowest BCUT2D eigenvalue weighted by Gasteiger charge is -2.05. The van der Waals surface area contributed by atoms with Gasteiger partial charge in [-0.3, -0.25) is 9.78 Å². The average Bonchev–Trinajstić information content (AvgIpc) is 3.12. The Morgan fingerprint density at radius 1 is 1.23 bits per heavy atom. The average molecular weight is 409 g/mol. The number of benzene rings is 1. The molecule has 1 aromatic carbocycles. The number of nitrogens with zero attached hydrogens (tertiary/aromatic N) is 3. The molecule has 0 saturated carbocycles. The molecule has 9 heteroatoms. The van der Waals surface area contributed by atoms with Crippen LogP contribution in [0.4, 0.5) is 4.39 Å². The number of carbonyl (C=O) groups excluding carboxylic acids is 1. The summed E-state index contributed by atoms with van der Waals surface area (Å²) >= 11 is 4.37. The lowest BCUT2D eigenvalue weighted by molar-refractivity contribution is -0.118. The van der Waals surface area contributed by atoms with Gasteiger partial charge in [0.05, 0.1) is 11.3 Å². The monoisotopic (exact) mass is 408 g/mol. The van der Waals surface area contributed by atoms with Gasteiger partial charge in [0.25, 0.3) is 0 Å². The summed E-state index contributed by atoms with van der Waals surface area (Å²) in [5.41, 5.74) is 1.63. The Morgan fingerprint density at radius 2 is 2.04 bits per heavy atom. The third-order valence-corrected chi connectivity index (χ3v) is 6.68. The number of aromatic nitrogens is 3. The molecule has 2 heterocycles. The summed E-state index contributed by atoms with van der Waals surface area (Å²) in [5.74, 6) is 0.707. The van der Waals surface area contributed by atoms with Gasteiger partial charge >= 0.3 is 0 Å². The summed E-state index contributed by atoms with van der Waals surface area (Å²) < 4.78 is 15.4. The minimum Gasteiger partial charge on any atom is -0.355 e. The molecule has 1 N–H and O–H groups in total. The summed E-state index contributed by atoms with van der Waals surface area (Å²) in [6.45, 7) is 2.71. The van der Waals surface area contributed by atoms with Gasteiger partial charge < -0.3 is 5.32 Å². The predicted octanol–water partition coefficient (Wildman–Crippen LogP) is 4.14. The van der Waals surface area contributed by atoms with E-state index in [0.29, 0.717) is 29.0 Å². The molecule has 0 bridgehead atoms. The molecule has 26 heavy (non-hydrogen) atoms. The molecule has 3 aromatic rings. The fraction of sp³-hybridized carbons (Fsp3) is 0.294. The van der Waals surface area contributed by atoms with Gasteiger partial charge in [0.15, 0.2) is 8.68 Å². The number of halogens is 1. The zero-order chi connectivity index (χ0) is 18.4. The van der Waals surface area contributed by atoms with Crippen molar-refractivity contribution in [1.82, 2.24) is 20.5 Å². The van der Waals surface area contributed by atoms with Gasteiger partial charge in [-0.2, -0.15) is 0 Å². The number of nitrogens with one attached hydrogen (secondary N) is 1. The fourth-order valence-electron chi connectivity index (χ4n) is 2.21. The lowest BCUT2D eigenvalue weighted by Crippen LogP contribution is -2.25. The highest BCUT2D eigenvalue weighted by Crippen LogP contribution is 2.32. The predicted molar refractivity (Wildman–Crippen MR) is 105 cm³/mol. The molecule has 0 spiro atoms. The molecule has 0 aliphatic heterocycles. The van der Waals surface area contributed by atoms with Crippen molar-refractivity contribution in [3.05, 3.63) is 41.8 Å². The van der Waals surface area contributed by atoms with Crippen LogP contribution in [0.3, 0.4) is 0 Å². The maximum Gasteiger partial charge on any atom is 0.230 e. The first kappa shape index (κ1) is 19.1. The number of rotatable bonds is 8. The van der Waals surface area contributed by atoms with Crippen LogP contribution in [0.2, 0.25) is 0 Å². The van der Waals surface area contributed by atoms with Crippen molar-refractivity contribution in [3.8, 4) is 0 Å². The van der Waals surface area contributed by atoms with Crippen molar-refractivity contribution in [2.75, 3.05) is 12.3 Å². The molecule has 0 unspecified atom stereocenters. The Bertz CT molecular complexity index is 903. The van der Waals surface area contributed by atoms with Gasteiger partial charge in [-0.25, -0.2) is 4.39 Å². The Morgan fingerprint density at radius 3 is 2.85 bits per heavy atom. The number of pyridine rings is 1. The summed E-state index contributed by atoms with van der Waals surface area (Å²) in [6.07, 6.45) is 2.59. The largest absolute Gasteiger partial charge is 0.355 e. The van der Waals surface area contributed by atoms with Crippen LogP contribution in [0.15, 0.2) is 39.1 Å². The second-order valence-corrected chi connectivity index (χ2v) is 8.79. The Balaban J connectivity index is 1.59. The SMILES string of the molecule is CCCNC(=O)CSc1nnc(SCc2ccc(F)c3cccnc23)s1. The van der Waals surface area contributed by atoms with Gasteiger partial charge in [-0.1, -0.05) is 47.9 Å². The number of hydrogen-bond donors (Lipinski definition) is 1. The Labute approximate surface area is 163 Å². The normalized spacial score (nSPS) is 11.0.